The zero-order valence-electron chi connectivity index (χ0n) is 14.8. The predicted octanol–water partition coefficient (Wildman–Crippen LogP) is 3.22. The Bertz CT molecular complexity index is 766. The molecule has 1 aliphatic rings. The van der Waals surface area contributed by atoms with Crippen LogP contribution in [0.4, 0.5) is 5.82 Å². The Morgan fingerprint density at radius 3 is 2.58 bits per heavy atom. The second-order valence-corrected chi connectivity index (χ2v) is 6.86. The highest BCUT2D eigenvalue weighted by molar-refractivity contribution is 5.84. The third-order valence-corrected chi connectivity index (χ3v) is 4.90. The van der Waals surface area contributed by atoms with Crippen LogP contribution in [0.3, 0.4) is 0 Å². The van der Waals surface area contributed by atoms with Crippen LogP contribution in [0.15, 0.2) is 48.5 Å². The fourth-order valence-corrected chi connectivity index (χ4v) is 3.44. The fraction of sp³-hybridized carbons (Fsp3) is 0.333. The molecule has 0 radical (unpaired) electrons. The number of nitrogens with two attached hydrogens (primary N) is 1. The lowest BCUT2D eigenvalue weighted by molar-refractivity contribution is -0.131. The smallest absolute Gasteiger partial charge is 0.328 e. The van der Waals surface area contributed by atoms with E-state index in [9.17, 15) is 4.79 Å². The third-order valence-electron chi connectivity index (χ3n) is 4.90. The van der Waals surface area contributed by atoms with Crippen molar-refractivity contribution in [3.63, 3.8) is 0 Å². The number of likely N-dealkylation sites (tertiary alicyclic amines) is 1. The number of carboxylic acids is 1. The molecule has 2 heterocycles. The molecule has 1 aromatic carbocycles. The van der Waals surface area contributed by atoms with Crippen molar-refractivity contribution in [1.29, 1.82) is 0 Å². The minimum atomic E-state index is -0.993. The van der Waals surface area contributed by atoms with Crippen molar-refractivity contribution >= 4 is 17.9 Å². The molecule has 1 aromatic heterocycles. The number of anilines is 1. The molecule has 2 aromatic rings. The van der Waals surface area contributed by atoms with Crippen molar-refractivity contribution in [3.8, 4) is 0 Å². The van der Waals surface area contributed by atoms with Crippen molar-refractivity contribution in [2.24, 2.45) is 5.92 Å². The summed E-state index contributed by atoms with van der Waals surface area (Å²) in [5.74, 6) is 0.226. The van der Waals surface area contributed by atoms with Gasteiger partial charge in [0.15, 0.2) is 0 Å². The van der Waals surface area contributed by atoms with Crippen LogP contribution in [0.5, 0.6) is 0 Å². The summed E-state index contributed by atoms with van der Waals surface area (Å²) >= 11 is 0. The second-order valence-electron chi connectivity index (χ2n) is 6.86. The molecule has 0 spiro atoms. The van der Waals surface area contributed by atoms with Crippen LogP contribution in [0, 0.1) is 5.92 Å². The Kier molecular flexibility index (Phi) is 6.02. The summed E-state index contributed by atoms with van der Waals surface area (Å²) in [6.45, 7) is 2.93. The van der Waals surface area contributed by atoms with Crippen molar-refractivity contribution in [3.05, 3.63) is 65.4 Å². The topological polar surface area (TPSA) is 79.4 Å². The van der Waals surface area contributed by atoms with Crippen LogP contribution >= 0.6 is 0 Å². The molecule has 1 aliphatic heterocycles. The number of piperidine rings is 1. The number of benzene rings is 1. The standard InChI is InChI=1S/C21H25N3O2/c22-21-18(6-7-19(23-21)8-9-20(25)26)15-24-12-10-17(11-13-24)14-16-4-2-1-3-5-16/h1-9,17H,10-15H2,(H2,22,23)(H,25,26). The minimum Gasteiger partial charge on any atom is -0.478 e. The number of pyridine rings is 1. The van der Waals surface area contributed by atoms with E-state index in [-0.39, 0.29) is 0 Å². The summed E-state index contributed by atoms with van der Waals surface area (Å²) in [5.41, 5.74) is 9.04. The maximum Gasteiger partial charge on any atom is 0.328 e. The lowest BCUT2D eigenvalue weighted by Gasteiger charge is -2.32. The number of carboxylic acid groups (broad SMARTS) is 1. The third kappa shape index (κ3) is 5.17. The Morgan fingerprint density at radius 2 is 1.92 bits per heavy atom. The number of hydrogen-bond donors (Lipinski definition) is 2. The van der Waals surface area contributed by atoms with Crippen molar-refractivity contribution in [1.82, 2.24) is 9.88 Å². The van der Waals surface area contributed by atoms with Crippen LogP contribution in [-0.4, -0.2) is 34.0 Å². The number of aromatic nitrogens is 1. The molecule has 0 bridgehead atoms. The number of nitrogen functional groups attached to an aromatic ring is 1. The first-order valence-electron chi connectivity index (χ1n) is 9.03. The Morgan fingerprint density at radius 1 is 1.19 bits per heavy atom. The van der Waals surface area contributed by atoms with E-state index in [2.05, 4.69) is 40.2 Å². The molecule has 1 saturated heterocycles. The average molecular weight is 351 g/mol. The highest BCUT2D eigenvalue weighted by Gasteiger charge is 2.20. The van der Waals surface area contributed by atoms with E-state index < -0.39 is 5.97 Å². The molecule has 5 heteroatoms. The van der Waals surface area contributed by atoms with Gasteiger partial charge in [0.25, 0.3) is 0 Å². The van der Waals surface area contributed by atoms with E-state index in [1.54, 1.807) is 0 Å². The first-order valence-corrected chi connectivity index (χ1v) is 9.03. The molecule has 3 N–H and O–H groups in total. The van der Waals surface area contributed by atoms with Gasteiger partial charge in [0.1, 0.15) is 5.82 Å². The number of hydrogen-bond acceptors (Lipinski definition) is 4. The molecule has 3 rings (SSSR count). The molecule has 136 valence electrons. The Hall–Kier alpha value is -2.66. The van der Waals surface area contributed by atoms with Crippen LogP contribution in [0.2, 0.25) is 0 Å². The normalized spacial score (nSPS) is 16.2. The van der Waals surface area contributed by atoms with Crippen LogP contribution in [0.1, 0.15) is 29.7 Å². The van der Waals surface area contributed by atoms with Gasteiger partial charge in [-0.3, -0.25) is 4.90 Å². The van der Waals surface area contributed by atoms with Gasteiger partial charge in [0.2, 0.25) is 0 Å². The molecule has 0 atom stereocenters. The summed E-state index contributed by atoms with van der Waals surface area (Å²) in [6, 6.07) is 14.4. The van der Waals surface area contributed by atoms with Crippen LogP contribution < -0.4 is 5.73 Å². The van der Waals surface area contributed by atoms with Gasteiger partial charge in [-0.1, -0.05) is 36.4 Å². The van der Waals surface area contributed by atoms with Gasteiger partial charge in [-0.2, -0.15) is 0 Å². The van der Waals surface area contributed by atoms with Gasteiger partial charge in [0, 0.05) is 18.2 Å². The zero-order chi connectivity index (χ0) is 18.4. The van der Waals surface area contributed by atoms with E-state index in [0.717, 1.165) is 43.6 Å². The largest absolute Gasteiger partial charge is 0.478 e. The molecule has 0 saturated carbocycles. The molecule has 26 heavy (non-hydrogen) atoms. The molecule has 5 nitrogen and oxygen atoms in total. The summed E-state index contributed by atoms with van der Waals surface area (Å²) in [6.07, 6.45) is 6.07. The van der Waals surface area contributed by atoms with E-state index in [0.29, 0.717) is 11.5 Å². The first-order chi connectivity index (χ1) is 12.6. The first kappa shape index (κ1) is 18.1. The van der Waals surface area contributed by atoms with Gasteiger partial charge in [-0.25, -0.2) is 9.78 Å². The molecular formula is C21H25N3O2. The fourth-order valence-electron chi connectivity index (χ4n) is 3.44. The van der Waals surface area contributed by atoms with E-state index in [1.165, 1.54) is 24.5 Å². The van der Waals surface area contributed by atoms with Gasteiger partial charge in [-0.15, -0.1) is 0 Å². The molecule has 0 unspecified atom stereocenters. The maximum absolute atomic E-state index is 10.6. The van der Waals surface area contributed by atoms with Crippen LogP contribution in [-0.2, 0) is 17.8 Å². The van der Waals surface area contributed by atoms with Crippen molar-refractivity contribution in [2.45, 2.75) is 25.8 Å². The zero-order valence-corrected chi connectivity index (χ0v) is 14.8. The Balaban J connectivity index is 1.52. The monoisotopic (exact) mass is 351 g/mol. The van der Waals surface area contributed by atoms with Crippen LogP contribution in [0.25, 0.3) is 6.08 Å². The van der Waals surface area contributed by atoms with E-state index in [1.807, 2.05) is 12.1 Å². The lowest BCUT2D eigenvalue weighted by atomic mass is 9.90. The Labute approximate surface area is 154 Å². The SMILES string of the molecule is Nc1nc(C=CC(=O)O)ccc1CN1CCC(Cc2ccccc2)CC1. The average Bonchev–Trinajstić information content (AvgIpc) is 2.64. The minimum absolute atomic E-state index is 0.476. The van der Waals surface area contributed by atoms with Gasteiger partial charge in [-0.05, 0) is 56.0 Å². The van der Waals surface area contributed by atoms with E-state index >= 15 is 0 Å². The molecule has 0 amide bonds. The maximum atomic E-state index is 10.6. The summed E-state index contributed by atoms with van der Waals surface area (Å²) in [7, 11) is 0. The van der Waals surface area contributed by atoms with E-state index in [4.69, 9.17) is 10.8 Å². The molecule has 1 fully saturated rings. The highest BCUT2D eigenvalue weighted by atomic mass is 16.4. The second kappa shape index (κ2) is 8.63. The summed E-state index contributed by atoms with van der Waals surface area (Å²) < 4.78 is 0. The number of nitrogens with zero attached hydrogens (tertiary/aromatic N) is 2. The lowest BCUT2D eigenvalue weighted by Crippen LogP contribution is -2.34. The quantitative estimate of drug-likeness (QED) is 0.781. The number of aliphatic carboxylic acids is 1. The summed E-state index contributed by atoms with van der Waals surface area (Å²) in [5, 5.41) is 8.68. The van der Waals surface area contributed by atoms with Crippen molar-refractivity contribution in [2.75, 3.05) is 18.8 Å². The molecular weight excluding hydrogens is 326 g/mol. The predicted molar refractivity (Wildman–Crippen MR) is 103 cm³/mol. The number of carbonyl (C=O) groups is 1. The van der Waals surface area contributed by atoms with Gasteiger partial charge >= 0.3 is 5.97 Å². The molecule has 0 aliphatic carbocycles. The summed E-state index contributed by atoms with van der Waals surface area (Å²) in [4.78, 5) is 17.3. The van der Waals surface area contributed by atoms with Gasteiger partial charge < -0.3 is 10.8 Å². The van der Waals surface area contributed by atoms with Gasteiger partial charge in [0.05, 0.1) is 5.69 Å². The highest BCUT2D eigenvalue weighted by Crippen LogP contribution is 2.23. The number of rotatable bonds is 6. The van der Waals surface area contributed by atoms with Crippen molar-refractivity contribution < 1.29 is 9.90 Å².